The molecule has 2 aliphatic heterocycles. The summed E-state index contributed by atoms with van der Waals surface area (Å²) in [5, 5.41) is 25.9. The van der Waals surface area contributed by atoms with Crippen molar-refractivity contribution in [3.63, 3.8) is 0 Å². The lowest BCUT2D eigenvalue weighted by molar-refractivity contribution is -0.153. The van der Waals surface area contributed by atoms with Crippen LogP contribution in [0.1, 0.15) is 42.0 Å². The van der Waals surface area contributed by atoms with Gasteiger partial charge in [-0.05, 0) is 55.2 Å². The molecular weight excluding hydrogens is 462 g/mol. The molecular formula is C27H33N3O4S. The molecule has 2 heterocycles. The third kappa shape index (κ3) is 6.07. The molecule has 0 aromatic heterocycles. The molecule has 0 saturated carbocycles. The van der Waals surface area contributed by atoms with E-state index in [0.717, 1.165) is 48.1 Å². The van der Waals surface area contributed by atoms with Crippen molar-refractivity contribution in [1.82, 2.24) is 10.2 Å². The highest BCUT2D eigenvalue weighted by atomic mass is 32.2. The lowest BCUT2D eigenvalue weighted by Crippen LogP contribution is -2.51. The monoisotopic (exact) mass is 495 g/mol. The molecule has 2 aromatic carbocycles. The number of nitrogens with two attached hydrogens (primary N) is 1. The van der Waals surface area contributed by atoms with Gasteiger partial charge in [-0.15, -0.1) is 11.8 Å². The fraction of sp³-hybridized carbons (Fsp3) is 0.407. The maximum Gasteiger partial charge on any atom is 0.255 e. The Labute approximate surface area is 210 Å². The Hall–Kier alpha value is -2.81. The number of hydrogen-bond donors (Lipinski definition) is 4. The number of thioether (sulfide) groups is 1. The Kier molecular flexibility index (Phi) is 8.15. The first-order chi connectivity index (χ1) is 16.8. The Morgan fingerprint density at radius 2 is 1.97 bits per heavy atom. The largest absolute Gasteiger partial charge is 0.398 e. The highest BCUT2D eigenvalue weighted by Gasteiger charge is 2.38. The lowest BCUT2D eigenvalue weighted by Gasteiger charge is -2.29. The first-order valence-electron chi connectivity index (χ1n) is 12.0. The maximum absolute atomic E-state index is 13.0. The number of likely N-dealkylation sites (tertiary alicyclic amines) is 1. The average molecular weight is 496 g/mol. The molecule has 0 spiro atoms. The molecule has 186 valence electrons. The van der Waals surface area contributed by atoms with Crippen LogP contribution >= 0.6 is 11.8 Å². The van der Waals surface area contributed by atoms with Crippen LogP contribution in [-0.2, 0) is 16.0 Å². The van der Waals surface area contributed by atoms with Crippen molar-refractivity contribution >= 4 is 29.3 Å². The van der Waals surface area contributed by atoms with Crippen molar-refractivity contribution in [3.8, 4) is 0 Å². The predicted octanol–water partition coefficient (Wildman–Crippen LogP) is 2.71. The van der Waals surface area contributed by atoms with E-state index < -0.39 is 24.0 Å². The van der Waals surface area contributed by atoms with Gasteiger partial charge in [-0.1, -0.05) is 53.6 Å². The van der Waals surface area contributed by atoms with Crippen LogP contribution in [0.2, 0.25) is 0 Å². The molecule has 1 saturated heterocycles. The van der Waals surface area contributed by atoms with E-state index in [9.17, 15) is 19.8 Å². The van der Waals surface area contributed by atoms with E-state index in [1.165, 1.54) is 5.57 Å². The molecule has 4 atom stereocenters. The van der Waals surface area contributed by atoms with Crippen LogP contribution < -0.4 is 11.1 Å². The van der Waals surface area contributed by atoms with E-state index in [0.29, 0.717) is 13.1 Å². The summed E-state index contributed by atoms with van der Waals surface area (Å²) in [5.41, 5.74) is 11.2. The van der Waals surface area contributed by atoms with Gasteiger partial charge in [-0.3, -0.25) is 9.59 Å². The molecule has 2 aliphatic rings. The molecule has 8 heteroatoms. The van der Waals surface area contributed by atoms with Crippen molar-refractivity contribution in [2.45, 2.75) is 56.1 Å². The van der Waals surface area contributed by atoms with Crippen LogP contribution in [0.5, 0.6) is 0 Å². The van der Waals surface area contributed by atoms with Crippen LogP contribution in [-0.4, -0.2) is 57.5 Å². The van der Waals surface area contributed by atoms with Gasteiger partial charge < -0.3 is 26.2 Å². The number of benzene rings is 2. The molecule has 2 aromatic rings. The Morgan fingerprint density at radius 1 is 1.17 bits per heavy atom. The van der Waals surface area contributed by atoms with Gasteiger partial charge in [-0.2, -0.15) is 0 Å². The second-order valence-corrected chi connectivity index (χ2v) is 10.5. The first-order valence-corrected chi connectivity index (χ1v) is 13.0. The number of nitrogens with zero attached hydrogens (tertiary/aromatic N) is 1. The standard InChI is InChI=1S/C27H33N3O4S/c1-17-6-4-8-20(12-17)23-10-5-11-30(23)27(34)25(32)24(31)26(33)29-15-21-14-18(16-35-21)13-19-7-2-3-9-22(19)28/h2-4,6-9,12,16,21,23-25,31-32H,5,10-11,13-15,28H2,1H3,(H,29,33)/t21?,23-,24-,25-/m1/s1. The summed E-state index contributed by atoms with van der Waals surface area (Å²) in [6.45, 7) is 2.81. The highest BCUT2D eigenvalue weighted by Crippen LogP contribution is 2.34. The highest BCUT2D eigenvalue weighted by molar-refractivity contribution is 8.03. The van der Waals surface area contributed by atoms with Crippen LogP contribution in [0, 0.1) is 6.92 Å². The van der Waals surface area contributed by atoms with Gasteiger partial charge >= 0.3 is 0 Å². The smallest absolute Gasteiger partial charge is 0.255 e. The normalized spacial score (nSPS) is 21.5. The van der Waals surface area contributed by atoms with Gasteiger partial charge in [0.25, 0.3) is 11.8 Å². The van der Waals surface area contributed by atoms with Gasteiger partial charge in [-0.25, -0.2) is 0 Å². The van der Waals surface area contributed by atoms with Crippen molar-refractivity contribution in [2.75, 3.05) is 18.8 Å². The van der Waals surface area contributed by atoms with Crippen LogP contribution in [0.3, 0.4) is 0 Å². The quantitative estimate of drug-likeness (QED) is 0.419. The SMILES string of the molecule is Cc1cccc([C@H]2CCCN2C(=O)[C@H](O)[C@@H](O)C(=O)NCC2CC(Cc3ccccc3N)=CS2)c1. The summed E-state index contributed by atoms with van der Waals surface area (Å²) in [6.07, 6.45) is -0.466. The topological polar surface area (TPSA) is 116 Å². The van der Waals surface area contributed by atoms with Crippen LogP contribution in [0.15, 0.2) is 59.5 Å². The number of anilines is 1. The van der Waals surface area contributed by atoms with Gasteiger partial charge in [0.1, 0.15) is 0 Å². The molecule has 2 amide bonds. The average Bonchev–Trinajstić information content (AvgIpc) is 3.52. The number of carbonyl (C=O) groups excluding carboxylic acids is 2. The van der Waals surface area contributed by atoms with E-state index in [-0.39, 0.29) is 11.3 Å². The molecule has 5 N–H and O–H groups in total. The number of hydrogen-bond acceptors (Lipinski definition) is 6. The number of allylic oxidation sites excluding steroid dienone is 1. The molecule has 0 aliphatic carbocycles. The molecule has 1 fully saturated rings. The van der Waals surface area contributed by atoms with Crippen LogP contribution in [0.25, 0.3) is 0 Å². The van der Waals surface area contributed by atoms with Crippen LogP contribution in [0.4, 0.5) is 5.69 Å². The third-order valence-electron chi connectivity index (χ3n) is 6.68. The summed E-state index contributed by atoms with van der Waals surface area (Å²) >= 11 is 1.63. The molecule has 0 radical (unpaired) electrons. The first kappa shape index (κ1) is 25.3. The molecule has 0 bridgehead atoms. The number of aryl methyl sites for hydroxylation is 1. The number of para-hydroxylation sites is 1. The minimum Gasteiger partial charge on any atom is -0.398 e. The number of nitrogen functional groups attached to an aromatic ring is 1. The van der Waals surface area contributed by atoms with Crippen molar-refractivity contribution in [3.05, 3.63) is 76.2 Å². The van der Waals surface area contributed by atoms with Gasteiger partial charge in [0.15, 0.2) is 12.2 Å². The van der Waals surface area contributed by atoms with Gasteiger partial charge in [0, 0.05) is 24.0 Å². The Bertz CT molecular complexity index is 1110. The van der Waals surface area contributed by atoms with Crippen molar-refractivity contribution < 1.29 is 19.8 Å². The maximum atomic E-state index is 13.0. The number of nitrogens with one attached hydrogen (secondary N) is 1. The lowest BCUT2D eigenvalue weighted by atomic mass is 10.0. The van der Waals surface area contributed by atoms with E-state index in [4.69, 9.17) is 5.73 Å². The van der Waals surface area contributed by atoms with Crippen molar-refractivity contribution in [1.29, 1.82) is 0 Å². The summed E-state index contributed by atoms with van der Waals surface area (Å²) in [7, 11) is 0. The number of aliphatic hydroxyl groups is 2. The molecule has 35 heavy (non-hydrogen) atoms. The minimum atomic E-state index is -1.82. The number of carbonyl (C=O) groups is 2. The number of amides is 2. The summed E-state index contributed by atoms with van der Waals surface area (Å²) in [4.78, 5) is 27.1. The van der Waals surface area contributed by atoms with E-state index in [1.807, 2.05) is 55.5 Å². The zero-order valence-electron chi connectivity index (χ0n) is 19.9. The molecule has 7 nitrogen and oxygen atoms in total. The second kappa shape index (κ2) is 11.3. The number of aliphatic hydroxyl groups excluding tert-OH is 2. The van der Waals surface area contributed by atoms with E-state index >= 15 is 0 Å². The van der Waals surface area contributed by atoms with Gasteiger partial charge in [0.05, 0.1) is 6.04 Å². The zero-order chi connectivity index (χ0) is 24.9. The van der Waals surface area contributed by atoms with Crippen molar-refractivity contribution in [2.24, 2.45) is 0 Å². The van der Waals surface area contributed by atoms with Gasteiger partial charge in [0.2, 0.25) is 0 Å². The summed E-state index contributed by atoms with van der Waals surface area (Å²) in [5.74, 6) is -1.35. The second-order valence-electron chi connectivity index (χ2n) is 9.35. The van der Waals surface area contributed by atoms with E-state index in [1.54, 1.807) is 16.7 Å². The van der Waals surface area contributed by atoms with E-state index in [2.05, 4.69) is 10.7 Å². The fourth-order valence-electron chi connectivity index (χ4n) is 4.78. The summed E-state index contributed by atoms with van der Waals surface area (Å²) < 4.78 is 0. The fourth-order valence-corrected chi connectivity index (χ4v) is 5.83. The zero-order valence-corrected chi connectivity index (χ0v) is 20.7. The third-order valence-corrected chi connectivity index (χ3v) is 7.86. The Morgan fingerprint density at radius 3 is 2.74 bits per heavy atom. The molecule has 4 rings (SSSR count). The minimum absolute atomic E-state index is 0.128. The molecule has 1 unspecified atom stereocenters. The summed E-state index contributed by atoms with van der Waals surface area (Å²) in [6, 6.07) is 15.5. The number of rotatable bonds is 8. The predicted molar refractivity (Wildman–Crippen MR) is 139 cm³/mol. The Balaban J connectivity index is 1.27.